The summed E-state index contributed by atoms with van der Waals surface area (Å²) in [7, 11) is 0. The monoisotopic (exact) mass is 300 g/mol. The number of rotatable bonds is 4. The molecule has 22 heavy (non-hydrogen) atoms. The van der Waals surface area contributed by atoms with E-state index in [1.165, 1.54) is 0 Å². The van der Waals surface area contributed by atoms with Crippen molar-refractivity contribution in [1.82, 2.24) is 10.3 Å². The van der Waals surface area contributed by atoms with Crippen LogP contribution < -0.4 is 5.32 Å². The first-order valence-corrected chi connectivity index (χ1v) is 7.26. The number of pyridine rings is 1. The number of fused-ring (bicyclic) bond motifs is 1. The molecule has 0 aliphatic rings. The molecular weight excluding hydrogens is 280 g/mol. The van der Waals surface area contributed by atoms with E-state index in [-0.39, 0.29) is 11.9 Å². The molecule has 2 rings (SSSR count). The number of carbonyl (C=O) groups is 2. The third-order valence-corrected chi connectivity index (χ3v) is 3.15. The van der Waals surface area contributed by atoms with Crippen LogP contribution in [-0.4, -0.2) is 29.0 Å². The van der Waals surface area contributed by atoms with Gasteiger partial charge < -0.3 is 10.1 Å². The molecule has 0 unspecified atom stereocenters. The zero-order chi connectivity index (χ0) is 16.3. The van der Waals surface area contributed by atoms with Crippen LogP contribution in [0.4, 0.5) is 0 Å². The highest BCUT2D eigenvalue weighted by atomic mass is 16.5. The van der Waals surface area contributed by atoms with E-state index in [9.17, 15) is 9.59 Å². The maximum Gasteiger partial charge on any atom is 0.339 e. The largest absolute Gasteiger partial charge is 0.449 e. The van der Waals surface area contributed by atoms with Gasteiger partial charge in [0.25, 0.3) is 5.91 Å². The molecule has 1 aromatic carbocycles. The molecule has 0 bridgehead atoms. The Labute approximate surface area is 129 Å². The Morgan fingerprint density at radius 3 is 2.55 bits per heavy atom. The Bertz CT molecular complexity index is 710. The molecule has 1 aromatic heterocycles. The lowest BCUT2D eigenvalue weighted by Gasteiger charge is -2.16. The van der Waals surface area contributed by atoms with Crippen molar-refractivity contribution in [3.63, 3.8) is 0 Å². The number of aromatic nitrogens is 1. The highest BCUT2D eigenvalue weighted by Crippen LogP contribution is 2.19. The minimum absolute atomic E-state index is 0.00217. The van der Waals surface area contributed by atoms with E-state index in [0.29, 0.717) is 5.56 Å². The summed E-state index contributed by atoms with van der Waals surface area (Å²) in [6.45, 7) is 7.09. The molecule has 5 nitrogen and oxygen atoms in total. The Balaban J connectivity index is 2.25. The molecule has 0 aliphatic heterocycles. The molecule has 0 fully saturated rings. The van der Waals surface area contributed by atoms with Crippen molar-refractivity contribution < 1.29 is 14.3 Å². The summed E-state index contributed by atoms with van der Waals surface area (Å²) in [5.41, 5.74) is 1.88. The topological polar surface area (TPSA) is 68.3 Å². The minimum Gasteiger partial charge on any atom is -0.449 e. The highest BCUT2D eigenvalue weighted by Gasteiger charge is 2.21. The van der Waals surface area contributed by atoms with E-state index in [2.05, 4.69) is 10.3 Å². The summed E-state index contributed by atoms with van der Waals surface area (Å²) in [6.07, 6.45) is -0.845. The molecule has 0 saturated heterocycles. The van der Waals surface area contributed by atoms with Crippen LogP contribution in [0.2, 0.25) is 0 Å². The molecule has 0 saturated carbocycles. The Morgan fingerprint density at radius 2 is 1.86 bits per heavy atom. The molecule has 2 aromatic rings. The molecule has 0 aliphatic carbocycles. The molecule has 0 spiro atoms. The first-order valence-electron chi connectivity index (χ1n) is 7.26. The quantitative estimate of drug-likeness (QED) is 0.881. The number of aryl methyl sites for hydroxylation is 1. The van der Waals surface area contributed by atoms with Crippen molar-refractivity contribution in [2.45, 2.75) is 39.8 Å². The van der Waals surface area contributed by atoms with Gasteiger partial charge in [-0.25, -0.2) is 4.79 Å². The zero-order valence-electron chi connectivity index (χ0n) is 13.2. The maximum atomic E-state index is 12.4. The van der Waals surface area contributed by atoms with Gasteiger partial charge in [-0.15, -0.1) is 0 Å². The molecule has 1 N–H and O–H groups in total. The van der Waals surface area contributed by atoms with Crippen LogP contribution in [0, 0.1) is 6.92 Å². The van der Waals surface area contributed by atoms with E-state index < -0.39 is 12.1 Å². The molecule has 0 radical (unpaired) electrons. The average Bonchev–Trinajstić information content (AvgIpc) is 2.45. The number of benzene rings is 1. The molecule has 1 heterocycles. The summed E-state index contributed by atoms with van der Waals surface area (Å²) in [6, 6.07) is 9.04. The van der Waals surface area contributed by atoms with E-state index in [4.69, 9.17) is 4.74 Å². The number of amides is 1. The van der Waals surface area contributed by atoms with Crippen molar-refractivity contribution >= 4 is 22.8 Å². The third-order valence-electron chi connectivity index (χ3n) is 3.15. The van der Waals surface area contributed by atoms with Gasteiger partial charge in [0.05, 0.1) is 11.1 Å². The number of esters is 1. The fraction of sp³-hybridized carbons (Fsp3) is 0.353. The van der Waals surface area contributed by atoms with Crippen molar-refractivity contribution in [3.8, 4) is 0 Å². The molecule has 1 amide bonds. The molecule has 1 atom stereocenters. The van der Waals surface area contributed by atoms with Crippen molar-refractivity contribution in [1.29, 1.82) is 0 Å². The second-order valence-corrected chi connectivity index (χ2v) is 5.54. The van der Waals surface area contributed by atoms with Crippen LogP contribution in [0.5, 0.6) is 0 Å². The SMILES string of the molecule is Cc1cc(C(=O)O[C@H](C)C(=O)NC(C)C)c2ccccc2n1. The van der Waals surface area contributed by atoms with Gasteiger partial charge in [0, 0.05) is 17.1 Å². The van der Waals surface area contributed by atoms with E-state index in [1.54, 1.807) is 13.0 Å². The lowest BCUT2D eigenvalue weighted by molar-refractivity contribution is -0.129. The normalized spacial score (nSPS) is 12.2. The molecular formula is C17H20N2O3. The maximum absolute atomic E-state index is 12.4. The van der Waals surface area contributed by atoms with E-state index >= 15 is 0 Å². The van der Waals surface area contributed by atoms with Crippen LogP contribution in [0.25, 0.3) is 10.9 Å². The summed E-state index contributed by atoms with van der Waals surface area (Å²) in [4.78, 5) is 28.6. The summed E-state index contributed by atoms with van der Waals surface area (Å²) in [5.74, 6) is -0.827. The number of para-hydroxylation sites is 1. The fourth-order valence-electron chi connectivity index (χ4n) is 2.16. The fourth-order valence-corrected chi connectivity index (χ4v) is 2.16. The zero-order valence-corrected chi connectivity index (χ0v) is 13.2. The van der Waals surface area contributed by atoms with Gasteiger partial charge in [0.15, 0.2) is 6.10 Å². The number of hydrogen-bond acceptors (Lipinski definition) is 4. The van der Waals surface area contributed by atoms with Gasteiger partial charge in [-0.05, 0) is 39.8 Å². The van der Waals surface area contributed by atoms with Crippen molar-refractivity contribution in [2.24, 2.45) is 0 Å². The lowest BCUT2D eigenvalue weighted by Crippen LogP contribution is -2.39. The second kappa shape index (κ2) is 6.56. The smallest absolute Gasteiger partial charge is 0.339 e. The number of ether oxygens (including phenoxy) is 1. The van der Waals surface area contributed by atoms with Gasteiger partial charge in [0.2, 0.25) is 0 Å². The second-order valence-electron chi connectivity index (χ2n) is 5.54. The predicted molar refractivity (Wildman–Crippen MR) is 84.6 cm³/mol. The van der Waals surface area contributed by atoms with E-state index in [0.717, 1.165) is 16.6 Å². The highest BCUT2D eigenvalue weighted by molar-refractivity contribution is 6.04. The Hall–Kier alpha value is -2.43. The van der Waals surface area contributed by atoms with Crippen molar-refractivity contribution in [3.05, 3.63) is 41.6 Å². The first-order chi connectivity index (χ1) is 10.4. The minimum atomic E-state index is -0.845. The summed E-state index contributed by atoms with van der Waals surface area (Å²) in [5, 5.41) is 3.44. The Morgan fingerprint density at radius 1 is 1.18 bits per heavy atom. The van der Waals surface area contributed by atoms with Crippen LogP contribution in [0.1, 0.15) is 36.8 Å². The average molecular weight is 300 g/mol. The molecule has 116 valence electrons. The predicted octanol–water partition coefficient (Wildman–Crippen LogP) is 2.61. The number of carbonyl (C=O) groups excluding carboxylic acids is 2. The van der Waals surface area contributed by atoms with Gasteiger partial charge in [-0.3, -0.25) is 9.78 Å². The van der Waals surface area contributed by atoms with Gasteiger partial charge >= 0.3 is 5.97 Å². The first kappa shape index (κ1) is 15.9. The lowest BCUT2D eigenvalue weighted by atomic mass is 10.1. The van der Waals surface area contributed by atoms with Gasteiger partial charge in [-0.2, -0.15) is 0 Å². The number of nitrogens with one attached hydrogen (secondary N) is 1. The van der Waals surface area contributed by atoms with Crippen LogP contribution in [0.15, 0.2) is 30.3 Å². The Kier molecular flexibility index (Phi) is 4.75. The summed E-state index contributed by atoms with van der Waals surface area (Å²) < 4.78 is 5.28. The molecule has 5 heteroatoms. The van der Waals surface area contributed by atoms with Crippen LogP contribution in [-0.2, 0) is 9.53 Å². The van der Waals surface area contributed by atoms with Gasteiger partial charge in [0.1, 0.15) is 0 Å². The summed E-state index contributed by atoms with van der Waals surface area (Å²) >= 11 is 0. The van der Waals surface area contributed by atoms with E-state index in [1.807, 2.05) is 45.0 Å². The van der Waals surface area contributed by atoms with Crippen LogP contribution >= 0.6 is 0 Å². The van der Waals surface area contributed by atoms with Crippen molar-refractivity contribution in [2.75, 3.05) is 0 Å². The number of nitrogens with zero attached hydrogens (tertiary/aromatic N) is 1. The number of hydrogen-bond donors (Lipinski definition) is 1. The third kappa shape index (κ3) is 3.61. The van der Waals surface area contributed by atoms with Gasteiger partial charge in [-0.1, -0.05) is 18.2 Å². The van der Waals surface area contributed by atoms with Crippen LogP contribution in [0.3, 0.4) is 0 Å². The standard InChI is InChI=1S/C17H20N2O3/c1-10(2)18-16(20)12(4)22-17(21)14-9-11(3)19-15-8-6-5-7-13(14)15/h5-10,12H,1-4H3,(H,18,20)/t12-/m1/s1.